The van der Waals surface area contributed by atoms with E-state index < -0.39 is 14.0 Å². The zero-order valence-corrected chi connectivity index (χ0v) is 37.4. The minimum Gasteiger partial charge on any atom is -0.486 e. The quantitative estimate of drug-likeness (QED) is 0.127. The van der Waals surface area contributed by atoms with Crippen molar-refractivity contribution in [2.45, 2.75) is 65.6 Å². The molecule has 0 aliphatic carbocycles. The van der Waals surface area contributed by atoms with E-state index in [1.165, 1.54) is 10.8 Å². The summed E-state index contributed by atoms with van der Waals surface area (Å²) >= 11 is 0. The number of furan rings is 1. The van der Waals surface area contributed by atoms with E-state index in [1.54, 1.807) is 12.3 Å². The van der Waals surface area contributed by atoms with Gasteiger partial charge in [-0.2, -0.15) is 0 Å². The second kappa shape index (κ2) is 15.9. The molecule has 1 radical (unpaired) electrons. The molecule has 291 valence electrons. The topological polar surface area (TPSA) is 80.5 Å². The second-order valence-corrected chi connectivity index (χ2v) is 21.8. The number of hydrogen-bond donors (Lipinski definition) is 0. The first kappa shape index (κ1) is 39.1. The van der Waals surface area contributed by atoms with Crippen molar-refractivity contribution < 1.29 is 25.9 Å². The summed E-state index contributed by atoms with van der Waals surface area (Å²) < 4.78 is 16.9. The van der Waals surface area contributed by atoms with Crippen LogP contribution in [0.15, 0.2) is 126 Å². The number of rotatable bonds is 5. The molecule has 4 heterocycles. The van der Waals surface area contributed by atoms with E-state index >= 15 is 0 Å². The van der Waals surface area contributed by atoms with Crippen molar-refractivity contribution in [3.8, 4) is 34.4 Å². The summed E-state index contributed by atoms with van der Waals surface area (Å²) in [5.41, 5.74) is 9.41. The van der Waals surface area contributed by atoms with E-state index in [-0.39, 0.29) is 25.5 Å². The van der Waals surface area contributed by atoms with Gasteiger partial charge < -0.3 is 14.0 Å². The first-order chi connectivity index (χ1) is 27.6. The molecule has 9 aromatic rings. The van der Waals surface area contributed by atoms with Gasteiger partial charge >= 0.3 is 0 Å². The number of nitriles is 1. The maximum atomic E-state index is 9.88. The van der Waals surface area contributed by atoms with Crippen LogP contribution in [-0.2, 0) is 25.5 Å². The van der Waals surface area contributed by atoms with Gasteiger partial charge in [-0.25, -0.2) is 10.2 Å². The van der Waals surface area contributed by atoms with Crippen molar-refractivity contribution in [2.24, 2.45) is 0 Å². The van der Waals surface area contributed by atoms with Gasteiger partial charge in [-0.05, 0) is 74.4 Å². The van der Waals surface area contributed by atoms with Gasteiger partial charge in [0.25, 0.3) is 0 Å². The van der Waals surface area contributed by atoms with Gasteiger partial charge in [-0.1, -0.05) is 114 Å². The Morgan fingerprint density at radius 1 is 0.879 bits per heavy atom. The molecule has 0 aliphatic rings. The van der Waals surface area contributed by atoms with Crippen LogP contribution in [-0.4, -0.2) is 27.6 Å². The van der Waals surface area contributed by atoms with Crippen LogP contribution in [0.5, 0.6) is 0 Å². The summed E-state index contributed by atoms with van der Waals surface area (Å²) in [7, 11) is -1.50. The van der Waals surface area contributed by atoms with Crippen LogP contribution in [0.3, 0.4) is 0 Å². The van der Waals surface area contributed by atoms with Crippen molar-refractivity contribution >= 4 is 57.1 Å². The van der Waals surface area contributed by atoms with E-state index in [9.17, 15) is 5.26 Å². The van der Waals surface area contributed by atoms with Gasteiger partial charge in [0.2, 0.25) is 5.71 Å². The number of imidazole rings is 1. The SMILES string of the molecule is CC(C)(C)c1ccc(-n2c(-c3[c-]cc(C#N)c4c3oc3ncccc34)nc3c4ccccc4ccc32)cc1.[2H]C(C)(C)c1cc(-c2[c-]cccc2)ncc1[Si](C)(C)C.[Ir]. The van der Waals surface area contributed by atoms with E-state index in [2.05, 4.69) is 128 Å². The maximum Gasteiger partial charge on any atom is 0.216 e. The van der Waals surface area contributed by atoms with Gasteiger partial charge in [0, 0.05) is 56.4 Å². The molecule has 0 unspecified atom stereocenters. The van der Waals surface area contributed by atoms with Gasteiger partial charge in [-0.3, -0.25) is 4.98 Å². The largest absolute Gasteiger partial charge is 0.486 e. The third-order valence-corrected chi connectivity index (χ3v) is 12.5. The first-order valence-electron chi connectivity index (χ1n) is 19.7. The summed E-state index contributed by atoms with van der Waals surface area (Å²) in [6.07, 6.45) is 3.67. The Balaban J connectivity index is 0.000000214. The second-order valence-electron chi connectivity index (χ2n) is 16.7. The molecular formula is C50H45IrN5OSi-2. The number of nitrogens with zero attached hydrogens (tertiary/aromatic N) is 5. The summed E-state index contributed by atoms with van der Waals surface area (Å²) in [5.74, 6) is 0.0932. The molecule has 0 atom stereocenters. The van der Waals surface area contributed by atoms with Gasteiger partial charge in [-0.15, -0.1) is 48.0 Å². The molecule has 8 heteroatoms. The van der Waals surface area contributed by atoms with Crippen LogP contribution < -0.4 is 5.19 Å². The van der Waals surface area contributed by atoms with Crippen molar-refractivity contribution in [3.05, 3.63) is 150 Å². The standard InChI is InChI=1S/C33H23N4O.C17H22NSi.Ir/c1-33(2,3)22-12-14-23(15-13-22)37-27-17-11-20-7-4-5-8-24(20)29(27)36-31(37)26-16-10-21(19-34)28-25-9-6-18-35-32(25)38-30(26)28;1-13(2)15-11-16(14-9-7-6-8-10-14)18-12-17(15)19(3,4)5;/h4-15,17-18H,1-3H3;6-9,11-13H,1-5H3;/q2*-1;/i;13D;. The van der Waals surface area contributed by atoms with E-state index in [0.29, 0.717) is 28.2 Å². The molecule has 4 aromatic heterocycles. The molecular weight excluding hydrogens is 907 g/mol. The minimum atomic E-state index is -1.50. The van der Waals surface area contributed by atoms with Crippen LogP contribution in [0.25, 0.3) is 72.2 Å². The van der Waals surface area contributed by atoms with Crippen molar-refractivity contribution in [1.82, 2.24) is 19.5 Å². The van der Waals surface area contributed by atoms with E-state index in [4.69, 9.17) is 10.8 Å². The number of benzene rings is 5. The van der Waals surface area contributed by atoms with E-state index in [1.807, 2.05) is 68.6 Å². The number of aromatic nitrogens is 4. The molecule has 9 rings (SSSR count). The Bertz CT molecular complexity index is 3020. The van der Waals surface area contributed by atoms with Gasteiger partial charge in [0.1, 0.15) is 0 Å². The molecule has 6 nitrogen and oxygen atoms in total. The normalized spacial score (nSPS) is 12.2. The maximum absolute atomic E-state index is 9.88. The number of fused-ring (bicyclic) bond motifs is 6. The van der Waals surface area contributed by atoms with Crippen LogP contribution >= 0.6 is 0 Å². The molecule has 0 N–H and O–H groups in total. The Morgan fingerprint density at radius 3 is 2.31 bits per heavy atom. The fourth-order valence-corrected chi connectivity index (χ4v) is 9.01. The fourth-order valence-electron chi connectivity index (χ4n) is 7.43. The first-order valence-corrected chi connectivity index (χ1v) is 22.7. The zero-order valence-electron chi connectivity index (χ0n) is 35.0. The Morgan fingerprint density at radius 2 is 1.62 bits per heavy atom. The van der Waals surface area contributed by atoms with Crippen molar-refractivity contribution in [3.63, 3.8) is 0 Å². The molecule has 58 heavy (non-hydrogen) atoms. The molecule has 0 saturated heterocycles. The van der Waals surface area contributed by atoms with Crippen LogP contribution in [0.2, 0.25) is 19.6 Å². The predicted octanol–water partition coefficient (Wildman–Crippen LogP) is 12.3. The molecule has 5 aromatic carbocycles. The predicted molar refractivity (Wildman–Crippen MR) is 237 cm³/mol. The molecule has 0 amide bonds. The molecule has 0 bridgehead atoms. The van der Waals surface area contributed by atoms with E-state index in [0.717, 1.165) is 55.1 Å². The molecule has 0 fully saturated rings. The van der Waals surface area contributed by atoms with Crippen LogP contribution in [0, 0.1) is 23.5 Å². The Labute approximate surface area is 356 Å². The third kappa shape index (κ3) is 7.54. The summed E-state index contributed by atoms with van der Waals surface area (Å²) in [6.45, 7) is 17.4. The zero-order chi connectivity index (χ0) is 41.0. The van der Waals surface area contributed by atoms with Gasteiger partial charge in [0.05, 0.1) is 30.5 Å². The molecule has 0 aliphatic heterocycles. The monoisotopic (exact) mass is 953 g/mol. The summed E-state index contributed by atoms with van der Waals surface area (Å²) in [4.78, 5) is 14.2. The minimum absolute atomic E-state index is 0. The van der Waals surface area contributed by atoms with Crippen molar-refractivity contribution in [1.29, 1.82) is 5.26 Å². The van der Waals surface area contributed by atoms with Crippen LogP contribution in [0.4, 0.5) is 0 Å². The smallest absolute Gasteiger partial charge is 0.216 e. The number of hydrogen-bond acceptors (Lipinski definition) is 5. The Kier molecular flexibility index (Phi) is 10.7. The van der Waals surface area contributed by atoms with Crippen LogP contribution in [0.1, 0.15) is 58.6 Å². The molecule has 0 spiro atoms. The summed E-state index contributed by atoms with van der Waals surface area (Å²) in [6, 6.07) is 45.4. The number of pyridine rings is 2. The molecule has 0 saturated carbocycles. The van der Waals surface area contributed by atoms with Gasteiger partial charge in [0.15, 0.2) is 0 Å². The average molecular weight is 953 g/mol. The average Bonchev–Trinajstić information content (AvgIpc) is 3.80. The third-order valence-electron chi connectivity index (χ3n) is 10.4. The Hall–Kier alpha value is -5.71. The summed E-state index contributed by atoms with van der Waals surface area (Å²) in [5, 5.41) is 14.9. The fraction of sp³-hybridized carbons (Fsp3) is 0.200. The van der Waals surface area contributed by atoms with Crippen molar-refractivity contribution in [2.75, 3.05) is 0 Å².